The third-order valence-corrected chi connectivity index (χ3v) is 5.41. The summed E-state index contributed by atoms with van der Waals surface area (Å²) in [5.41, 5.74) is 6.22. The van der Waals surface area contributed by atoms with E-state index in [9.17, 15) is 18.3 Å². The molecule has 134 valence electrons. The lowest BCUT2D eigenvalue weighted by atomic mass is 10.0. The molecule has 3 N–H and O–H groups in total. The molecule has 0 bridgehead atoms. The smallest absolute Gasteiger partial charge is 0.339 e. The third kappa shape index (κ3) is 4.37. The van der Waals surface area contributed by atoms with E-state index in [4.69, 9.17) is 10.5 Å². The van der Waals surface area contributed by atoms with Crippen LogP contribution in [0.2, 0.25) is 0 Å². The average molecular weight is 363 g/mol. The van der Waals surface area contributed by atoms with Crippen LogP contribution in [0.3, 0.4) is 0 Å². The van der Waals surface area contributed by atoms with Crippen LogP contribution in [0.15, 0.2) is 47.4 Å². The van der Waals surface area contributed by atoms with E-state index in [1.807, 2.05) is 6.92 Å². The maximum atomic E-state index is 12.6. The Hall–Kier alpha value is -2.38. The first-order valence-corrected chi connectivity index (χ1v) is 9.54. The number of carbonyl (C=O) groups is 1. The molecule has 0 aliphatic rings. The number of hydrogen-bond donors (Lipinski definition) is 2. The van der Waals surface area contributed by atoms with Crippen LogP contribution < -0.4 is 10.5 Å². The van der Waals surface area contributed by atoms with E-state index >= 15 is 0 Å². The van der Waals surface area contributed by atoms with Gasteiger partial charge in [0.25, 0.3) is 0 Å². The molecule has 0 fully saturated rings. The minimum Gasteiger partial charge on any atom is -0.491 e. The van der Waals surface area contributed by atoms with Crippen LogP contribution in [0.4, 0.5) is 0 Å². The third-order valence-electron chi connectivity index (χ3n) is 3.73. The molecule has 0 aliphatic carbocycles. The molecule has 25 heavy (non-hydrogen) atoms. The predicted molar refractivity (Wildman–Crippen MR) is 94.7 cm³/mol. The summed E-state index contributed by atoms with van der Waals surface area (Å²) in [5, 5.41) is 9.63. The van der Waals surface area contributed by atoms with E-state index in [-0.39, 0.29) is 34.9 Å². The van der Waals surface area contributed by atoms with E-state index in [0.29, 0.717) is 12.0 Å². The highest BCUT2D eigenvalue weighted by Crippen LogP contribution is 2.30. The van der Waals surface area contributed by atoms with Crippen LogP contribution in [-0.4, -0.2) is 32.6 Å². The van der Waals surface area contributed by atoms with E-state index in [0.717, 1.165) is 0 Å². The van der Waals surface area contributed by atoms with Crippen LogP contribution in [0.1, 0.15) is 28.4 Å². The molecule has 0 saturated carbocycles. The maximum absolute atomic E-state index is 12.6. The van der Waals surface area contributed by atoms with Gasteiger partial charge in [-0.1, -0.05) is 37.3 Å². The fourth-order valence-electron chi connectivity index (χ4n) is 2.54. The van der Waals surface area contributed by atoms with Gasteiger partial charge >= 0.3 is 5.97 Å². The highest BCUT2D eigenvalue weighted by Gasteiger charge is 2.24. The van der Waals surface area contributed by atoms with Crippen molar-refractivity contribution in [2.24, 2.45) is 5.73 Å². The van der Waals surface area contributed by atoms with Gasteiger partial charge in [0.1, 0.15) is 17.9 Å². The Bertz CT molecular complexity index is 847. The molecular formula is C18H21NO5S. The second-order valence-corrected chi connectivity index (χ2v) is 7.45. The molecule has 0 aliphatic heterocycles. The summed E-state index contributed by atoms with van der Waals surface area (Å²) in [6, 6.07) is 11.2. The van der Waals surface area contributed by atoms with E-state index in [1.165, 1.54) is 18.2 Å². The molecule has 2 rings (SSSR count). The lowest BCUT2D eigenvalue weighted by Gasteiger charge is -2.16. The maximum Gasteiger partial charge on any atom is 0.339 e. The Morgan fingerprint density at radius 2 is 1.76 bits per heavy atom. The number of carboxylic acids is 1. The molecule has 2 aromatic carbocycles. The zero-order valence-electron chi connectivity index (χ0n) is 13.9. The molecule has 6 nitrogen and oxygen atoms in total. The van der Waals surface area contributed by atoms with Crippen molar-refractivity contribution < 1.29 is 23.1 Å². The summed E-state index contributed by atoms with van der Waals surface area (Å²) < 4.78 is 30.7. The van der Waals surface area contributed by atoms with Gasteiger partial charge in [0.05, 0.1) is 10.6 Å². The highest BCUT2D eigenvalue weighted by molar-refractivity contribution is 7.90. The topological polar surface area (TPSA) is 107 Å². The van der Waals surface area contributed by atoms with Crippen LogP contribution in [0, 0.1) is 0 Å². The van der Waals surface area contributed by atoms with Crippen molar-refractivity contribution in [3.05, 3.63) is 59.2 Å². The first-order valence-electron chi connectivity index (χ1n) is 7.89. The molecule has 0 radical (unpaired) electrons. The summed E-state index contributed by atoms with van der Waals surface area (Å²) in [7, 11) is -3.67. The van der Waals surface area contributed by atoms with Crippen molar-refractivity contribution >= 4 is 15.8 Å². The Kier molecular flexibility index (Phi) is 6.17. The summed E-state index contributed by atoms with van der Waals surface area (Å²) in [5.74, 6) is -1.44. The summed E-state index contributed by atoms with van der Waals surface area (Å²) in [6.45, 7) is 2.26. The Labute approximate surface area is 147 Å². The summed E-state index contributed by atoms with van der Waals surface area (Å²) in [6.07, 6.45) is 0.561. The van der Waals surface area contributed by atoms with Crippen molar-refractivity contribution in [2.75, 3.05) is 13.2 Å². The van der Waals surface area contributed by atoms with Crippen LogP contribution >= 0.6 is 0 Å². The zero-order chi connectivity index (χ0) is 18.4. The van der Waals surface area contributed by atoms with Gasteiger partial charge in [0.2, 0.25) is 0 Å². The van der Waals surface area contributed by atoms with Crippen molar-refractivity contribution in [1.29, 1.82) is 0 Å². The van der Waals surface area contributed by atoms with Gasteiger partial charge < -0.3 is 15.6 Å². The molecule has 0 heterocycles. The van der Waals surface area contributed by atoms with Gasteiger partial charge in [0, 0.05) is 6.54 Å². The van der Waals surface area contributed by atoms with Crippen molar-refractivity contribution in [1.82, 2.24) is 0 Å². The molecule has 0 spiro atoms. The molecule has 0 amide bonds. The molecule has 7 heteroatoms. The second kappa shape index (κ2) is 8.13. The minimum atomic E-state index is -3.67. The molecule has 0 aromatic heterocycles. The highest BCUT2D eigenvalue weighted by atomic mass is 32.2. The molecule has 2 aromatic rings. The van der Waals surface area contributed by atoms with Gasteiger partial charge in [-0.3, -0.25) is 0 Å². The minimum absolute atomic E-state index is 0.118. The van der Waals surface area contributed by atoms with Crippen molar-refractivity contribution in [3.8, 4) is 5.75 Å². The monoisotopic (exact) mass is 363 g/mol. The normalized spacial score (nSPS) is 11.3. The van der Waals surface area contributed by atoms with Crippen molar-refractivity contribution in [3.63, 3.8) is 0 Å². The number of sulfone groups is 1. The molecule has 0 unspecified atom stereocenters. The van der Waals surface area contributed by atoms with Crippen LogP contribution in [-0.2, 0) is 22.0 Å². The quantitative estimate of drug-likeness (QED) is 0.745. The molecular weight excluding hydrogens is 342 g/mol. The van der Waals surface area contributed by atoms with E-state index in [2.05, 4.69) is 0 Å². The lowest BCUT2D eigenvalue weighted by molar-refractivity contribution is 0.0691. The number of ether oxygens (including phenoxy) is 1. The number of carboxylic acid groups (broad SMARTS) is 1. The zero-order valence-corrected chi connectivity index (χ0v) is 14.8. The summed E-state index contributed by atoms with van der Waals surface area (Å²) in [4.78, 5) is 11.9. The van der Waals surface area contributed by atoms with Gasteiger partial charge in [-0.2, -0.15) is 0 Å². The molecule has 0 saturated heterocycles. The van der Waals surface area contributed by atoms with Gasteiger partial charge in [-0.05, 0) is 29.7 Å². The molecule has 0 atom stereocenters. The Balaban J connectivity index is 2.52. The largest absolute Gasteiger partial charge is 0.491 e. The van der Waals surface area contributed by atoms with Crippen LogP contribution in [0.25, 0.3) is 0 Å². The van der Waals surface area contributed by atoms with Gasteiger partial charge in [0.15, 0.2) is 9.84 Å². The fourth-order valence-corrected chi connectivity index (χ4v) is 3.93. The predicted octanol–water partition coefficient (Wildman–Crippen LogP) is 2.26. The SMILES string of the molecule is CCc1ccc(CS(=O)(=O)c2ccccc2)c(C(=O)O)c1OCCN. The van der Waals surface area contributed by atoms with E-state index in [1.54, 1.807) is 24.3 Å². The number of benzene rings is 2. The van der Waals surface area contributed by atoms with Crippen LogP contribution in [0.5, 0.6) is 5.75 Å². The second-order valence-electron chi connectivity index (χ2n) is 5.46. The number of nitrogens with two attached hydrogens (primary N) is 1. The average Bonchev–Trinajstić information content (AvgIpc) is 2.60. The standard InChI is InChI=1S/C18H21NO5S/c1-2-13-8-9-14(16(18(20)21)17(13)24-11-10-19)12-25(22,23)15-6-4-3-5-7-15/h3-9H,2,10-12,19H2,1H3,(H,20,21). The summed E-state index contributed by atoms with van der Waals surface area (Å²) >= 11 is 0. The number of aromatic carboxylic acids is 1. The fraction of sp³-hybridized carbons (Fsp3) is 0.278. The van der Waals surface area contributed by atoms with Crippen molar-refractivity contribution in [2.45, 2.75) is 24.0 Å². The Morgan fingerprint density at radius 3 is 2.32 bits per heavy atom. The van der Waals surface area contributed by atoms with E-state index < -0.39 is 21.6 Å². The van der Waals surface area contributed by atoms with Gasteiger partial charge in [-0.15, -0.1) is 0 Å². The Morgan fingerprint density at radius 1 is 1.12 bits per heavy atom. The first-order chi connectivity index (χ1) is 11.9. The number of rotatable bonds is 8. The number of hydrogen-bond acceptors (Lipinski definition) is 5. The number of aryl methyl sites for hydroxylation is 1. The lowest BCUT2D eigenvalue weighted by Crippen LogP contribution is -2.16. The van der Waals surface area contributed by atoms with Gasteiger partial charge in [-0.25, -0.2) is 13.2 Å². The first kappa shape index (κ1) is 19.0.